The molecular weight excluding hydrogens is 614 g/mol. The molecule has 0 bridgehead atoms. The van der Waals surface area contributed by atoms with Crippen LogP contribution in [-0.2, 0) is 0 Å². The van der Waals surface area contributed by atoms with Crippen molar-refractivity contribution in [3.63, 3.8) is 0 Å². The van der Waals surface area contributed by atoms with Gasteiger partial charge in [0.1, 0.15) is 5.69 Å². The number of nitrogens with one attached hydrogen (secondary N) is 1. The van der Waals surface area contributed by atoms with E-state index in [0.29, 0.717) is 47.7 Å². The maximum atomic E-state index is 14.4. The van der Waals surface area contributed by atoms with Crippen LogP contribution in [-0.4, -0.2) is 79.4 Å². The van der Waals surface area contributed by atoms with E-state index in [1.807, 2.05) is 30.3 Å². The number of ether oxygens (including phenoxy) is 2. The maximum Gasteiger partial charge on any atom is 0.270 e. The number of carbonyl (C=O) groups excluding carboxylic acids is 3. The second-order valence-electron chi connectivity index (χ2n) is 11.7. The third-order valence-electron chi connectivity index (χ3n) is 9.12. The summed E-state index contributed by atoms with van der Waals surface area (Å²) < 4.78 is 11.0. The number of benzene rings is 3. The number of methoxy groups -OCH3 is 2. The second-order valence-corrected chi connectivity index (χ2v) is 12.4. The van der Waals surface area contributed by atoms with Gasteiger partial charge in [-0.05, 0) is 55.2 Å². The van der Waals surface area contributed by atoms with Crippen molar-refractivity contribution in [2.75, 3.05) is 51.8 Å². The minimum absolute atomic E-state index is 0.252. The standard InChI is InChI=1S/C36H39N5O5S/c1-24(25-9-5-4-6-10-25)39-17-19-40(20-18-39)30-12-7-11-27-33(30)36(44)41(35(27)43)29(26-14-15-31(45-2)32(21-26)46-3)13-8-16-37-34(42)28-22-47-23-38-28/h4-7,9-12,14-15,21-24,29H,8,13,16-20H2,1-3H3,(H,37,42)/t24?,29-/m1/s1. The van der Waals surface area contributed by atoms with Gasteiger partial charge in [0.2, 0.25) is 0 Å². The molecule has 2 aliphatic rings. The molecule has 2 aliphatic heterocycles. The highest BCUT2D eigenvalue weighted by molar-refractivity contribution is 7.07. The average Bonchev–Trinajstić information content (AvgIpc) is 3.75. The first-order valence-electron chi connectivity index (χ1n) is 15.8. The quantitative estimate of drug-likeness (QED) is 0.156. The predicted molar refractivity (Wildman–Crippen MR) is 182 cm³/mol. The fourth-order valence-electron chi connectivity index (χ4n) is 6.54. The largest absolute Gasteiger partial charge is 0.493 e. The van der Waals surface area contributed by atoms with E-state index in [9.17, 15) is 14.4 Å². The summed E-state index contributed by atoms with van der Waals surface area (Å²) in [5.74, 6) is 0.168. The summed E-state index contributed by atoms with van der Waals surface area (Å²) >= 11 is 1.36. The normalized spacial score (nSPS) is 16.1. The Bertz CT molecular complexity index is 1720. The topological polar surface area (TPSA) is 104 Å². The molecule has 3 heterocycles. The molecule has 0 spiro atoms. The van der Waals surface area contributed by atoms with Gasteiger partial charge < -0.3 is 19.7 Å². The van der Waals surface area contributed by atoms with Gasteiger partial charge in [0.05, 0.1) is 42.6 Å². The summed E-state index contributed by atoms with van der Waals surface area (Å²) in [6, 6.07) is 21.2. The molecule has 1 aromatic heterocycles. The molecule has 10 nitrogen and oxygen atoms in total. The molecular formula is C36H39N5O5S. The van der Waals surface area contributed by atoms with E-state index >= 15 is 0 Å². The van der Waals surface area contributed by atoms with Gasteiger partial charge >= 0.3 is 0 Å². The Balaban J connectivity index is 1.23. The Labute approximate surface area is 278 Å². The minimum Gasteiger partial charge on any atom is -0.493 e. The van der Waals surface area contributed by atoms with E-state index in [-0.39, 0.29) is 23.8 Å². The Morgan fingerprint density at radius 1 is 0.915 bits per heavy atom. The highest BCUT2D eigenvalue weighted by Crippen LogP contribution is 2.40. The van der Waals surface area contributed by atoms with Gasteiger partial charge in [0, 0.05) is 44.1 Å². The average molecular weight is 654 g/mol. The van der Waals surface area contributed by atoms with Crippen molar-refractivity contribution in [2.45, 2.75) is 31.8 Å². The van der Waals surface area contributed by atoms with E-state index in [4.69, 9.17) is 9.47 Å². The summed E-state index contributed by atoms with van der Waals surface area (Å²) in [6.07, 6.45) is 0.959. The first-order chi connectivity index (χ1) is 22.9. The number of carbonyl (C=O) groups is 3. The summed E-state index contributed by atoms with van der Waals surface area (Å²) in [7, 11) is 3.12. The van der Waals surface area contributed by atoms with Gasteiger partial charge in [-0.3, -0.25) is 24.2 Å². The number of anilines is 1. The van der Waals surface area contributed by atoms with Crippen LogP contribution in [0.5, 0.6) is 11.5 Å². The molecule has 1 unspecified atom stereocenters. The molecule has 3 amide bonds. The van der Waals surface area contributed by atoms with Gasteiger partial charge in [-0.25, -0.2) is 4.98 Å². The Hall–Kier alpha value is -4.74. The van der Waals surface area contributed by atoms with Crippen molar-refractivity contribution in [1.82, 2.24) is 20.1 Å². The molecule has 1 fully saturated rings. The lowest BCUT2D eigenvalue weighted by molar-refractivity contribution is 0.0570. The number of hydrogen-bond donors (Lipinski definition) is 1. The van der Waals surface area contributed by atoms with Crippen LogP contribution < -0.4 is 19.7 Å². The summed E-state index contributed by atoms with van der Waals surface area (Å²) in [6.45, 7) is 5.75. The molecule has 2 atom stereocenters. The van der Waals surface area contributed by atoms with Crippen LogP contribution in [0.25, 0.3) is 0 Å². The van der Waals surface area contributed by atoms with E-state index in [0.717, 1.165) is 37.4 Å². The third-order valence-corrected chi connectivity index (χ3v) is 9.70. The highest BCUT2D eigenvalue weighted by atomic mass is 32.1. The molecule has 3 aromatic carbocycles. The van der Waals surface area contributed by atoms with Crippen molar-refractivity contribution in [3.05, 3.63) is 106 Å². The van der Waals surface area contributed by atoms with E-state index in [1.165, 1.54) is 21.8 Å². The summed E-state index contributed by atoms with van der Waals surface area (Å²) in [5.41, 5.74) is 5.66. The smallest absolute Gasteiger partial charge is 0.270 e. The van der Waals surface area contributed by atoms with Crippen LogP contribution in [0.15, 0.2) is 77.6 Å². The van der Waals surface area contributed by atoms with Gasteiger partial charge in [-0.15, -0.1) is 11.3 Å². The highest BCUT2D eigenvalue weighted by Gasteiger charge is 2.43. The Morgan fingerprint density at radius 2 is 1.68 bits per heavy atom. The number of thiazole rings is 1. The van der Waals surface area contributed by atoms with Gasteiger partial charge in [-0.2, -0.15) is 0 Å². The monoisotopic (exact) mass is 653 g/mol. The summed E-state index contributed by atoms with van der Waals surface area (Å²) in [5, 5.41) is 4.59. The molecule has 244 valence electrons. The number of imide groups is 1. The maximum absolute atomic E-state index is 14.4. The number of aromatic nitrogens is 1. The van der Waals surface area contributed by atoms with E-state index in [2.05, 4.69) is 51.3 Å². The zero-order valence-electron chi connectivity index (χ0n) is 26.8. The van der Waals surface area contributed by atoms with Crippen molar-refractivity contribution in [3.8, 4) is 11.5 Å². The van der Waals surface area contributed by atoms with Crippen LogP contribution in [0.2, 0.25) is 0 Å². The van der Waals surface area contributed by atoms with Crippen molar-refractivity contribution in [2.24, 2.45) is 0 Å². The van der Waals surface area contributed by atoms with Crippen molar-refractivity contribution < 1.29 is 23.9 Å². The molecule has 47 heavy (non-hydrogen) atoms. The molecule has 4 aromatic rings. The van der Waals surface area contributed by atoms with Gasteiger partial charge in [0.25, 0.3) is 17.7 Å². The van der Waals surface area contributed by atoms with Crippen molar-refractivity contribution >= 4 is 34.7 Å². The minimum atomic E-state index is -0.588. The fraction of sp³-hybridized carbons (Fsp3) is 0.333. The number of nitrogens with zero attached hydrogens (tertiary/aromatic N) is 4. The second kappa shape index (κ2) is 14.4. The first kappa shape index (κ1) is 32.2. The summed E-state index contributed by atoms with van der Waals surface area (Å²) in [4.78, 5) is 51.0. The zero-order chi connectivity index (χ0) is 32.9. The number of amides is 3. The van der Waals surface area contributed by atoms with Crippen molar-refractivity contribution in [1.29, 1.82) is 0 Å². The zero-order valence-corrected chi connectivity index (χ0v) is 27.7. The number of hydrogen-bond acceptors (Lipinski definition) is 9. The van der Waals surface area contributed by atoms with Crippen LogP contribution in [0.4, 0.5) is 5.69 Å². The lowest BCUT2D eigenvalue weighted by Crippen LogP contribution is -2.47. The molecule has 1 N–H and O–H groups in total. The molecule has 0 saturated carbocycles. The molecule has 11 heteroatoms. The fourth-order valence-corrected chi connectivity index (χ4v) is 7.07. The predicted octanol–water partition coefficient (Wildman–Crippen LogP) is 5.59. The Morgan fingerprint density at radius 3 is 2.38 bits per heavy atom. The molecule has 0 radical (unpaired) electrons. The number of rotatable bonds is 12. The van der Waals surface area contributed by atoms with Crippen LogP contribution in [0.3, 0.4) is 0 Å². The van der Waals surface area contributed by atoms with Gasteiger partial charge in [-0.1, -0.05) is 42.5 Å². The van der Waals surface area contributed by atoms with Gasteiger partial charge in [0.15, 0.2) is 11.5 Å². The number of fused-ring (bicyclic) bond motifs is 1. The third kappa shape index (κ3) is 6.59. The molecule has 6 rings (SSSR count). The molecule has 1 saturated heterocycles. The van der Waals surface area contributed by atoms with Crippen LogP contribution in [0.1, 0.15) is 74.2 Å². The van der Waals surface area contributed by atoms with Crippen LogP contribution >= 0.6 is 11.3 Å². The molecule has 0 aliphatic carbocycles. The van der Waals surface area contributed by atoms with Crippen LogP contribution in [0, 0.1) is 0 Å². The first-order valence-corrected chi connectivity index (χ1v) is 16.8. The van der Waals surface area contributed by atoms with E-state index < -0.39 is 6.04 Å². The number of piperazine rings is 1. The lowest BCUT2D eigenvalue weighted by atomic mass is 9.99. The Kier molecular flexibility index (Phi) is 9.84. The lowest BCUT2D eigenvalue weighted by Gasteiger charge is -2.39. The van der Waals surface area contributed by atoms with E-state index in [1.54, 1.807) is 37.2 Å². The SMILES string of the molecule is COc1ccc([C@@H](CCCNC(=O)c2cscn2)N2C(=O)c3cccc(N4CCN(C(C)c5ccccc5)CC4)c3C2=O)cc1OC.